The summed E-state index contributed by atoms with van der Waals surface area (Å²) in [4.78, 5) is 2.42. The maximum atomic E-state index is 5.80. The molecule has 2 aromatic heterocycles. The zero-order chi connectivity index (χ0) is 15.4. The Morgan fingerprint density at radius 3 is 3.14 bits per heavy atom. The van der Waals surface area contributed by atoms with Crippen molar-refractivity contribution >= 4 is 0 Å². The Labute approximate surface area is 130 Å². The highest BCUT2D eigenvalue weighted by molar-refractivity contribution is 5.56. The summed E-state index contributed by atoms with van der Waals surface area (Å²) in [6.45, 7) is 9.68. The Morgan fingerprint density at radius 2 is 2.36 bits per heavy atom. The number of hydrogen-bond donors (Lipinski definition) is 2. The molecular formula is C16H24N4O2. The normalized spacial score (nSPS) is 19.6. The highest BCUT2D eigenvalue weighted by atomic mass is 16.5. The zero-order valence-corrected chi connectivity index (χ0v) is 13.3. The van der Waals surface area contributed by atoms with Crippen LogP contribution in [-0.2, 0) is 11.3 Å². The van der Waals surface area contributed by atoms with Gasteiger partial charge in [-0.3, -0.25) is 10.00 Å². The summed E-state index contributed by atoms with van der Waals surface area (Å²) < 4.78 is 11.5. The highest BCUT2D eigenvalue weighted by Crippen LogP contribution is 2.23. The SMILES string of the molecule is CCN1CCO[C@H](CNCc2cn[nH]c2-c2ccc(C)o2)C1. The van der Waals surface area contributed by atoms with Crippen LogP contribution in [0, 0.1) is 6.92 Å². The van der Waals surface area contributed by atoms with Crippen molar-refractivity contribution in [2.24, 2.45) is 0 Å². The lowest BCUT2D eigenvalue weighted by atomic mass is 10.2. The fourth-order valence-electron chi connectivity index (χ4n) is 2.79. The van der Waals surface area contributed by atoms with Gasteiger partial charge in [-0.25, -0.2) is 0 Å². The number of rotatable bonds is 6. The Kier molecular flexibility index (Phi) is 4.92. The summed E-state index contributed by atoms with van der Waals surface area (Å²) in [5.41, 5.74) is 2.05. The van der Waals surface area contributed by atoms with Gasteiger partial charge in [0.25, 0.3) is 0 Å². The van der Waals surface area contributed by atoms with E-state index in [0.29, 0.717) is 0 Å². The minimum Gasteiger partial charge on any atom is -0.460 e. The Bertz CT molecular complexity index is 592. The molecule has 0 aromatic carbocycles. The lowest BCUT2D eigenvalue weighted by Crippen LogP contribution is -2.46. The fourth-order valence-corrected chi connectivity index (χ4v) is 2.79. The molecule has 1 aliphatic heterocycles. The molecule has 0 amide bonds. The second kappa shape index (κ2) is 7.09. The van der Waals surface area contributed by atoms with Crippen LogP contribution in [-0.4, -0.2) is 54.0 Å². The summed E-state index contributed by atoms with van der Waals surface area (Å²) in [6, 6.07) is 3.93. The number of morpholine rings is 1. The zero-order valence-electron chi connectivity index (χ0n) is 13.3. The number of furan rings is 1. The van der Waals surface area contributed by atoms with Crippen LogP contribution in [0.2, 0.25) is 0 Å². The van der Waals surface area contributed by atoms with Crippen molar-refractivity contribution in [2.45, 2.75) is 26.5 Å². The first-order valence-corrected chi connectivity index (χ1v) is 7.90. The predicted octanol–water partition coefficient (Wildman–Crippen LogP) is 1.79. The van der Waals surface area contributed by atoms with E-state index in [9.17, 15) is 0 Å². The Balaban J connectivity index is 1.53. The maximum absolute atomic E-state index is 5.80. The number of nitrogens with zero attached hydrogens (tertiary/aromatic N) is 2. The van der Waals surface area contributed by atoms with E-state index in [4.69, 9.17) is 9.15 Å². The first kappa shape index (κ1) is 15.3. The minimum atomic E-state index is 0.259. The molecule has 0 spiro atoms. The van der Waals surface area contributed by atoms with Crippen LogP contribution in [0.1, 0.15) is 18.2 Å². The number of aromatic nitrogens is 2. The Hall–Kier alpha value is -1.63. The van der Waals surface area contributed by atoms with Gasteiger partial charge in [-0.05, 0) is 25.6 Å². The largest absolute Gasteiger partial charge is 0.460 e. The minimum absolute atomic E-state index is 0.259. The third-order valence-electron chi connectivity index (χ3n) is 4.06. The number of ether oxygens (including phenoxy) is 1. The van der Waals surface area contributed by atoms with Gasteiger partial charge in [-0.1, -0.05) is 6.92 Å². The molecule has 1 saturated heterocycles. The van der Waals surface area contributed by atoms with Gasteiger partial charge in [0.2, 0.25) is 0 Å². The molecule has 0 aliphatic carbocycles. The molecule has 3 heterocycles. The van der Waals surface area contributed by atoms with Crippen molar-refractivity contribution in [1.29, 1.82) is 0 Å². The summed E-state index contributed by atoms with van der Waals surface area (Å²) in [5, 5.41) is 10.6. The molecule has 6 nitrogen and oxygen atoms in total. The first-order chi connectivity index (χ1) is 10.8. The molecule has 1 fully saturated rings. The van der Waals surface area contributed by atoms with E-state index >= 15 is 0 Å². The van der Waals surface area contributed by atoms with E-state index in [1.54, 1.807) is 0 Å². The summed E-state index contributed by atoms with van der Waals surface area (Å²) in [5.74, 6) is 1.73. The van der Waals surface area contributed by atoms with Crippen LogP contribution in [0.15, 0.2) is 22.7 Å². The number of H-pyrrole nitrogens is 1. The highest BCUT2D eigenvalue weighted by Gasteiger charge is 2.19. The molecule has 1 aliphatic rings. The lowest BCUT2D eigenvalue weighted by Gasteiger charge is -2.32. The molecule has 0 bridgehead atoms. The third kappa shape index (κ3) is 3.58. The lowest BCUT2D eigenvalue weighted by molar-refractivity contribution is -0.0253. The molecule has 6 heteroatoms. The average Bonchev–Trinajstić information content (AvgIpc) is 3.16. The van der Waals surface area contributed by atoms with E-state index in [1.807, 2.05) is 25.3 Å². The third-order valence-corrected chi connectivity index (χ3v) is 4.06. The first-order valence-electron chi connectivity index (χ1n) is 7.90. The van der Waals surface area contributed by atoms with Gasteiger partial charge in [0.05, 0.1) is 18.9 Å². The van der Waals surface area contributed by atoms with E-state index in [0.717, 1.165) is 62.1 Å². The number of likely N-dealkylation sites (N-methyl/N-ethyl adjacent to an activating group) is 1. The van der Waals surface area contributed by atoms with Crippen LogP contribution in [0.25, 0.3) is 11.5 Å². The van der Waals surface area contributed by atoms with Crippen molar-refractivity contribution in [2.75, 3.05) is 32.8 Å². The predicted molar refractivity (Wildman–Crippen MR) is 84.6 cm³/mol. The number of aromatic amines is 1. The molecular weight excluding hydrogens is 280 g/mol. The van der Waals surface area contributed by atoms with Crippen molar-refractivity contribution in [3.05, 3.63) is 29.7 Å². The standard InChI is InChI=1S/C16H24N4O2/c1-3-20-6-7-21-14(11-20)10-17-8-13-9-18-19-16(13)15-5-4-12(2)22-15/h4-5,9,14,17H,3,6-8,10-11H2,1-2H3,(H,18,19)/t14-/m1/s1. The molecule has 3 rings (SSSR count). The number of nitrogens with one attached hydrogen (secondary N) is 2. The average molecular weight is 304 g/mol. The summed E-state index contributed by atoms with van der Waals surface area (Å²) in [6.07, 6.45) is 2.11. The van der Waals surface area contributed by atoms with Crippen LogP contribution in [0.3, 0.4) is 0 Å². The van der Waals surface area contributed by atoms with Gasteiger partial charge in [0, 0.05) is 31.7 Å². The van der Waals surface area contributed by atoms with E-state index in [2.05, 4.69) is 27.3 Å². The second-order valence-corrected chi connectivity index (χ2v) is 5.70. The molecule has 0 unspecified atom stereocenters. The second-order valence-electron chi connectivity index (χ2n) is 5.70. The molecule has 120 valence electrons. The summed E-state index contributed by atoms with van der Waals surface area (Å²) in [7, 11) is 0. The van der Waals surface area contributed by atoms with E-state index in [-0.39, 0.29) is 6.10 Å². The molecule has 2 N–H and O–H groups in total. The Morgan fingerprint density at radius 1 is 1.45 bits per heavy atom. The molecule has 0 radical (unpaired) electrons. The van der Waals surface area contributed by atoms with E-state index < -0.39 is 0 Å². The van der Waals surface area contributed by atoms with Gasteiger partial charge in [-0.15, -0.1) is 0 Å². The fraction of sp³-hybridized carbons (Fsp3) is 0.562. The monoisotopic (exact) mass is 304 g/mol. The van der Waals surface area contributed by atoms with E-state index in [1.165, 1.54) is 0 Å². The molecule has 0 saturated carbocycles. The number of hydrogen-bond acceptors (Lipinski definition) is 5. The van der Waals surface area contributed by atoms with Crippen LogP contribution in [0.5, 0.6) is 0 Å². The molecule has 22 heavy (non-hydrogen) atoms. The van der Waals surface area contributed by atoms with Crippen molar-refractivity contribution < 1.29 is 9.15 Å². The topological polar surface area (TPSA) is 66.3 Å². The number of aryl methyl sites for hydroxylation is 1. The maximum Gasteiger partial charge on any atom is 0.152 e. The van der Waals surface area contributed by atoms with Crippen LogP contribution in [0.4, 0.5) is 0 Å². The van der Waals surface area contributed by atoms with Gasteiger partial charge < -0.3 is 14.5 Å². The molecule has 1 atom stereocenters. The van der Waals surface area contributed by atoms with Gasteiger partial charge in [-0.2, -0.15) is 5.10 Å². The quantitative estimate of drug-likeness (QED) is 0.852. The van der Waals surface area contributed by atoms with Gasteiger partial charge in [0.1, 0.15) is 11.5 Å². The smallest absolute Gasteiger partial charge is 0.152 e. The molecule has 2 aromatic rings. The van der Waals surface area contributed by atoms with Gasteiger partial charge in [0.15, 0.2) is 5.76 Å². The van der Waals surface area contributed by atoms with Crippen LogP contribution < -0.4 is 5.32 Å². The van der Waals surface area contributed by atoms with Gasteiger partial charge >= 0.3 is 0 Å². The van der Waals surface area contributed by atoms with Crippen LogP contribution >= 0.6 is 0 Å². The summed E-state index contributed by atoms with van der Waals surface area (Å²) >= 11 is 0. The van der Waals surface area contributed by atoms with Crippen molar-refractivity contribution in [3.8, 4) is 11.5 Å². The van der Waals surface area contributed by atoms with Crippen molar-refractivity contribution in [3.63, 3.8) is 0 Å². The van der Waals surface area contributed by atoms with Crippen molar-refractivity contribution in [1.82, 2.24) is 20.4 Å².